The summed E-state index contributed by atoms with van der Waals surface area (Å²) in [6, 6.07) is 7.51. The van der Waals surface area contributed by atoms with Gasteiger partial charge in [0.15, 0.2) is 0 Å². The second-order valence-corrected chi connectivity index (χ2v) is 12.6. The molecule has 0 atom stereocenters. The standard InChI is InChI=1S/C32H42N2O6/c1-31(2)15-13-23-25(39-31)9-5-21(29(23)37)7-11-27(35)33-17-19-34(20-18-33)28(36)12-8-22-6-10-26-24(30(22)38)14-16-32(3,4)40-26/h5-6,9-10,37-38H,7-8,11-20H2,1-4H3. The molecule has 0 unspecified atom stereocenters. The van der Waals surface area contributed by atoms with E-state index in [9.17, 15) is 19.8 Å². The second-order valence-electron chi connectivity index (χ2n) is 12.6. The molecular formula is C32H42N2O6. The van der Waals surface area contributed by atoms with Crippen molar-refractivity contribution in [3.8, 4) is 23.0 Å². The normalized spacial score (nSPS) is 19.2. The molecule has 0 spiro atoms. The van der Waals surface area contributed by atoms with E-state index in [1.165, 1.54) is 0 Å². The first-order valence-corrected chi connectivity index (χ1v) is 14.5. The lowest BCUT2D eigenvalue weighted by molar-refractivity contribution is -0.139. The summed E-state index contributed by atoms with van der Waals surface area (Å²) in [5.41, 5.74) is 2.72. The van der Waals surface area contributed by atoms with Gasteiger partial charge in [0.1, 0.15) is 34.2 Å². The zero-order valence-corrected chi connectivity index (χ0v) is 24.2. The van der Waals surface area contributed by atoms with Crippen molar-refractivity contribution in [2.45, 2.75) is 90.3 Å². The van der Waals surface area contributed by atoms with Gasteiger partial charge >= 0.3 is 0 Å². The summed E-state index contributed by atoms with van der Waals surface area (Å²) in [6.07, 6.45) is 4.73. The summed E-state index contributed by atoms with van der Waals surface area (Å²) in [6.45, 7) is 10.2. The highest BCUT2D eigenvalue weighted by Gasteiger charge is 2.31. The number of ether oxygens (including phenoxy) is 2. The monoisotopic (exact) mass is 550 g/mol. The molecule has 8 heteroatoms. The first-order valence-electron chi connectivity index (χ1n) is 14.5. The van der Waals surface area contributed by atoms with Gasteiger partial charge in [0.25, 0.3) is 0 Å². The molecule has 1 fully saturated rings. The number of piperazine rings is 1. The Hall–Kier alpha value is -3.42. The number of hydrogen-bond donors (Lipinski definition) is 2. The summed E-state index contributed by atoms with van der Waals surface area (Å²) in [5, 5.41) is 21.6. The third-order valence-corrected chi connectivity index (χ3v) is 8.57. The van der Waals surface area contributed by atoms with Crippen LogP contribution in [0, 0.1) is 0 Å². The molecule has 40 heavy (non-hydrogen) atoms. The van der Waals surface area contributed by atoms with Crippen LogP contribution in [0.2, 0.25) is 0 Å². The fourth-order valence-electron chi connectivity index (χ4n) is 5.96. The first kappa shape index (κ1) is 28.1. The maximum absolute atomic E-state index is 12.9. The van der Waals surface area contributed by atoms with Gasteiger partial charge in [-0.25, -0.2) is 0 Å². The zero-order chi connectivity index (χ0) is 28.7. The quantitative estimate of drug-likeness (QED) is 0.548. The predicted molar refractivity (Wildman–Crippen MR) is 152 cm³/mol. The van der Waals surface area contributed by atoms with Crippen molar-refractivity contribution in [2.24, 2.45) is 0 Å². The van der Waals surface area contributed by atoms with Gasteiger partial charge in [-0.15, -0.1) is 0 Å². The van der Waals surface area contributed by atoms with Crippen LogP contribution in [0.15, 0.2) is 24.3 Å². The van der Waals surface area contributed by atoms with Gasteiger partial charge in [-0.1, -0.05) is 12.1 Å². The molecule has 2 amide bonds. The van der Waals surface area contributed by atoms with Crippen LogP contribution in [0.25, 0.3) is 0 Å². The average Bonchev–Trinajstić information content (AvgIpc) is 2.91. The molecule has 8 nitrogen and oxygen atoms in total. The van der Waals surface area contributed by atoms with Crippen LogP contribution in [-0.2, 0) is 35.3 Å². The van der Waals surface area contributed by atoms with Crippen molar-refractivity contribution >= 4 is 11.8 Å². The Kier molecular flexibility index (Phi) is 7.64. The average molecular weight is 551 g/mol. The molecule has 0 bridgehead atoms. The lowest BCUT2D eigenvalue weighted by Gasteiger charge is -2.35. The third-order valence-electron chi connectivity index (χ3n) is 8.57. The van der Waals surface area contributed by atoms with E-state index in [4.69, 9.17) is 9.47 Å². The molecule has 3 heterocycles. The highest BCUT2D eigenvalue weighted by molar-refractivity contribution is 5.79. The minimum Gasteiger partial charge on any atom is -0.507 e. The van der Waals surface area contributed by atoms with E-state index in [0.717, 1.165) is 59.4 Å². The maximum atomic E-state index is 12.9. The van der Waals surface area contributed by atoms with Crippen LogP contribution >= 0.6 is 0 Å². The molecule has 216 valence electrons. The topological polar surface area (TPSA) is 99.5 Å². The van der Waals surface area contributed by atoms with Gasteiger partial charge in [0.2, 0.25) is 11.8 Å². The number of aryl methyl sites for hydroxylation is 2. The molecule has 0 aromatic heterocycles. The molecule has 2 aromatic carbocycles. The summed E-state index contributed by atoms with van der Waals surface area (Å²) < 4.78 is 12.0. The van der Waals surface area contributed by atoms with Gasteiger partial charge in [-0.05, 0) is 89.5 Å². The minimum absolute atomic E-state index is 0.0333. The van der Waals surface area contributed by atoms with E-state index in [2.05, 4.69) is 0 Å². The second kappa shape index (κ2) is 10.9. The number of benzene rings is 2. The number of hydrogen-bond acceptors (Lipinski definition) is 6. The Balaban J connectivity index is 1.09. The van der Waals surface area contributed by atoms with Crippen LogP contribution in [0.1, 0.15) is 75.6 Å². The fourth-order valence-corrected chi connectivity index (χ4v) is 5.96. The van der Waals surface area contributed by atoms with Crippen LogP contribution in [-0.4, -0.2) is 69.2 Å². The Bertz CT molecular complexity index is 1190. The number of rotatable bonds is 6. The van der Waals surface area contributed by atoms with Crippen molar-refractivity contribution in [3.63, 3.8) is 0 Å². The van der Waals surface area contributed by atoms with Crippen molar-refractivity contribution in [1.82, 2.24) is 9.80 Å². The fraction of sp³-hybridized carbons (Fsp3) is 0.562. The largest absolute Gasteiger partial charge is 0.507 e. The highest BCUT2D eigenvalue weighted by Crippen LogP contribution is 2.41. The molecule has 2 aromatic rings. The van der Waals surface area contributed by atoms with Gasteiger partial charge in [-0.3, -0.25) is 9.59 Å². The SMILES string of the molecule is CC1(C)CCc2c(ccc(CCC(=O)N3CCN(C(=O)CCc4ccc5c(c4O)CCC(C)(C)O5)CC3)c2O)O1. The summed E-state index contributed by atoms with van der Waals surface area (Å²) in [4.78, 5) is 29.4. The number of phenolic OH excluding ortho intramolecular Hbond substituents is 2. The Morgan fingerprint density at radius 2 is 1.07 bits per heavy atom. The summed E-state index contributed by atoms with van der Waals surface area (Å²) >= 11 is 0. The van der Waals surface area contributed by atoms with E-state index in [0.29, 0.717) is 51.9 Å². The number of nitrogens with zero attached hydrogens (tertiary/aromatic N) is 2. The Morgan fingerprint density at radius 1 is 0.700 bits per heavy atom. The number of amides is 2. The molecule has 1 saturated heterocycles. The number of carbonyl (C=O) groups excluding carboxylic acids is 2. The molecular weight excluding hydrogens is 508 g/mol. The minimum atomic E-state index is -0.240. The van der Waals surface area contributed by atoms with Gasteiger partial charge in [-0.2, -0.15) is 0 Å². The highest BCUT2D eigenvalue weighted by atomic mass is 16.5. The van der Waals surface area contributed by atoms with Crippen molar-refractivity contribution in [3.05, 3.63) is 46.5 Å². The molecule has 0 radical (unpaired) electrons. The summed E-state index contributed by atoms with van der Waals surface area (Å²) in [5.74, 6) is 2.01. The smallest absolute Gasteiger partial charge is 0.223 e. The van der Waals surface area contributed by atoms with Crippen molar-refractivity contribution < 1.29 is 29.3 Å². The molecule has 3 aliphatic rings. The van der Waals surface area contributed by atoms with Crippen LogP contribution < -0.4 is 9.47 Å². The number of fused-ring (bicyclic) bond motifs is 2. The Morgan fingerprint density at radius 3 is 1.45 bits per heavy atom. The predicted octanol–water partition coefficient (Wildman–Crippen LogP) is 4.54. The summed E-state index contributed by atoms with van der Waals surface area (Å²) in [7, 11) is 0. The molecule has 5 rings (SSSR count). The molecule has 0 saturated carbocycles. The lowest BCUT2D eigenvalue weighted by Crippen LogP contribution is -2.50. The van der Waals surface area contributed by atoms with Crippen LogP contribution in [0.4, 0.5) is 0 Å². The van der Waals surface area contributed by atoms with E-state index >= 15 is 0 Å². The van der Waals surface area contributed by atoms with Crippen LogP contribution in [0.3, 0.4) is 0 Å². The molecule has 0 aliphatic carbocycles. The third kappa shape index (κ3) is 6.01. The number of aromatic hydroxyl groups is 2. The maximum Gasteiger partial charge on any atom is 0.223 e. The Labute approximate surface area is 236 Å². The van der Waals surface area contributed by atoms with Crippen molar-refractivity contribution in [2.75, 3.05) is 26.2 Å². The van der Waals surface area contributed by atoms with Gasteiger partial charge in [0.05, 0.1) is 0 Å². The lowest BCUT2D eigenvalue weighted by atomic mass is 9.91. The van der Waals surface area contributed by atoms with Crippen molar-refractivity contribution in [1.29, 1.82) is 0 Å². The van der Waals surface area contributed by atoms with E-state index in [1.807, 2.05) is 61.8 Å². The van der Waals surface area contributed by atoms with E-state index in [1.54, 1.807) is 0 Å². The van der Waals surface area contributed by atoms with Gasteiger partial charge < -0.3 is 29.5 Å². The first-order chi connectivity index (χ1) is 18.9. The molecule has 2 N–H and O–H groups in total. The number of carbonyl (C=O) groups is 2. The van der Waals surface area contributed by atoms with Gasteiger partial charge in [0, 0.05) is 50.1 Å². The number of phenols is 2. The van der Waals surface area contributed by atoms with Crippen LogP contribution in [0.5, 0.6) is 23.0 Å². The zero-order valence-electron chi connectivity index (χ0n) is 24.2. The molecule has 3 aliphatic heterocycles. The van der Waals surface area contributed by atoms with E-state index < -0.39 is 0 Å². The van der Waals surface area contributed by atoms with E-state index in [-0.39, 0.29) is 34.5 Å².